The molecule has 4 heterocycles. The number of aromatic nitrogens is 5. The van der Waals surface area contributed by atoms with Gasteiger partial charge in [0, 0.05) is 45.1 Å². The van der Waals surface area contributed by atoms with E-state index in [-0.39, 0.29) is 5.91 Å². The van der Waals surface area contributed by atoms with Crippen LogP contribution in [0.2, 0.25) is 0 Å². The Balaban J connectivity index is 1.30. The molecule has 27 heavy (non-hydrogen) atoms. The highest BCUT2D eigenvalue weighted by Crippen LogP contribution is 2.47. The molecule has 5 rings (SSSR count). The fourth-order valence-corrected chi connectivity index (χ4v) is 4.43. The van der Waals surface area contributed by atoms with E-state index in [1.807, 2.05) is 18.0 Å². The quantitative estimate of drug-likeness (QED) is 0.858. The smallest absolute Gasteiger partial charge is 0.250 e. The summed E-state index contributed by atoms with van der Waals surface area (Å²) in [5, 5.41) is 22.9. The van der Waals surface area contributed by atoms with E-state index in [1.54, 1.807) is 21.8 Å². The number of aryl methyl sites for hydroxylation is 1. The molecule has 1 unspecified atom stereocenters. The molecule has 0 aromatic carbocycles. The van der Waals surface area contributed by atoms with Gasteiger partial charge in [0.05, 0.1) is 12.4 Å². The van der Waals surface area contributed by atoms with Crippen LogP contribution >= 0.6 is 0 Å². The van der Waals surface area contributed by atoms with Crippen LogP contribution in [-0.4, -0.2) is 59.4 Å². The van der Waals surface area contributed by atoms with Gasteiger partial charge in [-0.25, -0.2) is 4.68 Å². The van der Waals surface area contributed by atoms with E-state index in [0.29, 0.717) is 43.8 Å². The van der Waals surface area contributed by atoms with Crippen LogP contribution in [0.3, 0.4) is 0 Å². The maximum absolute atomic E-state index is 13.1. The first kappa shape index (κ1) is 16.7. The fourth-order valence-electron chi connectivity index (χ4n) is 4.43. The highest BCUT2D eigenvalue weighted by Gasteiger charge is 2.56. The lowest BCUT2D eigenvalue weighted by atomic mass is 9.83. The summed E-state index contributed by atoms with van der Waals surface area (Å²) in [5.41, 5.74) is -0.331. The van der Waals surface area contributed by atoms with E-state index in [2.05, 4.69) is 15.4 Å². The van der Waals surface area contributed by atoms with E-state index in [9.17, 15) is 9.90 Å². The number of carbonyl (C=O) groups is 1. The number of likely N-dealkylation sites (tertiary alicyclic amines) is 1. The zero-order valence-electron chi connectivity index (χ0n) is 15.4. The van der Waals surface area contributed by atoms with Crippen molar-refractivity contribution in [1.29, 1.82) is 0 Å². The average Bonchev–Trinajstić information content (AvgIpc) is 3.10. The molecule has 144 valence electrons. The topological polar surface area (TPSA) is 98.3 Å². The number of aliphatic hydroxyl groups is 1. The first-order valence-corrected chi connectivity index (χ1v) is 9.66. The summed E-state index contributed by atoms with van der Waals surface area (Å²) < 4.78 is 9.80. The number of aliphatic hydroxyl groups excluding tert-OH is 1. The molecule has 0 radical (unpaired) electrons. The van der Waals surface area contributed by atoms with Crippen LogP contribution in [0, 0.1) is 0 Å². The third-order valence-corrected chi connectivity index (χ3v) is 6.23. The van der Waals surface area contributed by atoms with E-state index in [4.69, 9.17) is 4.74 Å². The van der Waals surface area contributed by atoms with Crippen LogP contribution in [0.1, 0.15) is 50.8 Å². The number of nitrogens with zero attached hydrogens (tertiary/aromatic N) is 6. The molecule has 9 heteroatoms. The number of fused-ring (bicyclic) bond motifs is 1. The highest BCUT2D eigenvalue weighted by molar-refractivity contribution is 5.87. The number of amides is 1. The number of rotatable bonds is 3. The summed E-state index contributed by atoms with van der Waals surface area (Å²) in [7, 11) is 0. The van der Waals surface area contributed by atoms with Gasteiger partial charge in [0.1, 0.15) is 22.9 Å². The van der Waals surface area contributed by atoms with Crippen molar-refractivity contribution in [2.24, 2.45) is 0 Å². The van der Waals surface area contributed by atoms with Gasteiger partial charge in [0.25, 0.3) is 5.91 Å². The Morgan fingerprint density at radius 1 is 1.33 bits per heavy atom. The maximum atomic E-state index is 13.1. The fraction of sp³-hybridized carbons (Fsp3) is 0.667. The summed E-state index contributed by atoms with van der Waals surface area (Å²) in [6, 6.07) is 0. The zero-order chi connectivity index (χ0) is 18.6. The Morgan fingerprint density at radius 3 is 2.74 bits per heavy atom. The maximum Gasteiger partial charge on any atom is 0.250 e. The third-order valence-electron chi connectivity index (χ3n) is 6.23. The molecule has 1 saturated heterocycles. The summed E-state index contributed by atoms with van der Waals surface area (Å²) in [4.78, 5) is 15.0. The minimum absolute atomic E-state index is 0.124. The van der Waals surface area contributed by atoms with Gasteiger partial charge in [-0.05, 0) is 19.8 Å². The molecule has 2 aromatic rings. The molecular formula is C18H24N6O3. The second-order valence-electron chi connectivity index (χ2n) is 7.91. The average molecular weight is 372 g/mol. The van der Waals surface area contributed by atoms with Gasteiger partial charge in [0.2, 0.25) is 0 Å². The van der Waals surface area contributed by atoms with Crippen LogP contribution in [0.15, 0.2) is 18.6 Å². The van der Waals surface area contributed by atoms with E-state index >= 15 is 0 Å². The molecule has 1 saturated carbocycles. The van der Waals surface area contributed by atoms with E-state index in [1.165, 1.54) is 0 Å². The first-order chi connectivity index (χ1) is 13.1. The van der Waals surface area contributed by atoms with Crippen molar-refractivity contribution in [2.45, 2.75) is 62.8 Å². The Hall–Kier alpha value is -2.42. The molecule has 1 spiro atoms. The van der Waals surface area contributed by atoms with E-state index in [0.717, 1.165) is 19.4 Å². The van der Waals surface area contributed by atoms with Crippen molar-refractivity contribution in [2.75, 3.05) is 13.1 Å². The Bertz CT molecular complexity index is 849. The molecule has 9 nitrogen and oxygen atoms in total. The molecule has 1 amide bonds. The molecular weight excluding hydrogens is 348 g/mol. The predicted octanol–water partition coefficient (Wildman–Crippen LogP) is 0.861. The second kappa shape index (κ2) is 5.79. The number of piperidine rings is 1. The SMILES string of the molecule is CCn1cc2c(n1)C(O)CC1(CCN(C(=O)C3(n4ccnn4)CC3)CC1)O2. The van der Waals surface area contributed by atoms with Crippen LogP contribution in [-0.2, 0) is 16.9 Å². The third kappa shape index (κ3) is 2.55. The van der Waals surface area contributed by atoms with Gasteiger partial charge in [-0.15, -0.1) is 5.10 Å². The summed E-state index contributed by atoms with van der Waals surface area (Å²) in [6.07, 6.45) is 8.19. The Labute approximate surface area is 156 Å². The Morgan fingerprint density at radius 2 is 2.11 bits per heavy atom. The van der Waals surface area contributed by atoms with Gasteiger partial charge < -0.3 is 14.7 Å². The van der Waals surface area contributed by atoms with Gasteiger partial charge >= 0.3 is 0 Å². The molecule has 3 aliphatic rings. The van der Waals surface area contributed by atoms with Crippen LogP contribution in [0.5, 0.6) is 5.75 Å². The van der Waals surface area contributed by atoms with Gasteiger partial charge in [-0.3, -0.25) is 9.48 Å². The highest BCUT2D eigenvalue weighted by atomic mass is 16.5. The zero-order valence-corrected chi connectivity index (χ0v) is 15.4. The van der Waals surface area contributed by atoms with Crippen molar-refractivity contribution >= 4 is 5.91 Å². The first-order valence-electron chi connectivity index (χ1n) is 9.66. The largest absolute Gasteiger partial charge is 0.483 e. The second-order valence-corrected chi connectivity index (χ2v) is 7.91. The predicted molar refractivity (Wildman–Crippen MR) is 93.9 cm³/mol. The van der Waals surface area contributed by atoms with E-state index < -0.39 is 17.2 Å². The lowest BCUT2D eigenvalue weighted by molar-refractivity contribution is -0.141. The van der Waals surface area contributed by atoms with Gasteiger partial charge in [0.15, 0.2) is 5.75 Å². The molecule has 2 aliphatic heterocycles. The standard InChI is InChI=1S/C18H24N6O3/c1-2-23-12-14-15(20-23)13(25)11-17(27-14)5-8-22(9-6-17)16(26)18(3-4-18)24-10-7-19-21-24/h7,10,12-13,25H,2-6,8-9,11H2,1H3. The summed E-state index contributed by atoms with van der Waals surface area (Å²) in [5.74, 6) is 0.801. The minimum Gasteiger partial charge on any atom is -0.483 e. The van der Waals surface area contributed by atoms with Gasteiger partial charge in [-0.2, -0.15) is 5.10 Å². The van der Waals surface area contributed by atoms with Gasteiger partial charge in [-0.1, -0.05) is 5.21 Å². The summed E-state index contributed by atoms with van der Waals surface area (Å²) in [6.45, 7) is 3.99. The normalized spacial score (nSPS) is 25.1. The summed E-state index contributed by atoms with van der Waals surface area (Å²) >= 11 is 0. The van der Waals surface area contributed by atoms with Crippen molar-refractivity contribution in [3.63, 3.8) is 0 Å². The van der Waals surface area contributed by atoms with Crippen molar-refractivity contribution in [1.82, 2.24) is 29.7 Å². The number of carbonyl (C=O) groups excluding carboxylic acids is 1. The van der Waals surface area contributed by atoms with Crippen molar-refractivity contribution in [3.8, 4) is 5.75 Å². The minimum atomic E-state index is -0.617. The van der Waals surface area contributed by atoms with Crippen LogP contribution in [0.4, 0.5) is 0 Å². The van der Waals surface area contributed by atoms with Crippen molar-refractivity contribution in [3.05, 3.63) is 24.3 Å². The molecule has 0 bridgehead atoms. The number of hydrogen-bond acceptors (Lipinski definition) is 6. The molecule has 1 N–H and O–H groups in total. The van der Waals surface area contributed by atoms with Crippen LogP contribution < -0.4 is 4.74 Å². The molecule has 2 aromatic heterocycles. The number of ether oxygens (including phenoxy) is 1. The lowest BCUT2D eigenvalue weighted by Crippen LogP contribution is -2.54. The molecule has 2 fully saturated rings. The van der Waals surface area contributed by atoms with Crippen LogP contribution in [0.25, 0.3) is 0 Å². The number of hydrogen-bond donors (Lipinski definition) is 1. The van der Waals surface area contributed by atoms with Crippen molar-refractivity contribution < 1.29 is 14.6 Å². The lowest BCUT2D eigenvalue weighted by Gasteiger charge is -2.45. The molecule has 1 aliphatic carbocycles. The Kier molecular flexibility index (Phi) is 3.59. The monoisotopic (exact) mass is 372 g/mol. The molecule has 1 atom stereocenters.